The molecule has 2 aromatic carbocycles. The molecule has 0 spiro atoms. The molecule has 3 unspecified atom stereocenters. The van der Waals surface area contributed by atoms with Crippen molar-refractivity contribution in [2.24, 2.45) is 5.16 Å². The number of anilines is 2. The zero-order chi connectivity index (χ0) is 54.4. The first-order valence-corrected chi connectivity index (χ1v) is 26.0. The van der Waals surface area contributed by atoms with Crippen LogP contribution in [0.2, 0.25) is 15.9 Å². The first-order chi connectivity index (χ1) is 33.6. The molecule has 6 N–H and O–H groups in total. The van der Waals surface area contributed by atoms with Gasteiger partial charge in [0.2, 0.25) is 15.9 Å². The molecule has 0 fully saturated rings. The summed E-state index contributed by atoms with van der Waals surface area (Å²) in [7, 11) is 5.31. The minimum absolute atomic E-state index is 0. The summed E-state index contributed by atoms with van der Waals surface area (Å²) in [6.45, 7) is 14.8. The standard InChI is InChI=1S/C14H18ClN5O5S.C9H13NO.C5H6Cl2N4O4S.C4H6ClN3O.CClNO3S.CH3Cl.CH4/c1-4-19-12(15)16-20(14(19)22)13(21)17-25-26(23)18-11-9(3)7-6-8-10(11)24-5-2;1-3-11-8-6-4-5-7(2)9(8)10;1-2-10-3(6)8-11(5(10)13)4(12)9-15-16(7)14;1-2-8-3(5)6-7-4(8)9;2-7(5)6-3-1-4;1-2;/h6-8,18H,4-5H2,1-3H3,(H,17,21);4-6H,3,10H2,1-2H3;2H2,1H3,(H,9,12);2H2,1H3,(H,7,9);;1H3;1H4. The first-order valence-electron chi connectivity index (χ1n) is 19.3. The summed E-state index contributed by atoms with van der Waals surface area (Å²) in [5.74, 6) is 1.27. The highest BCUT2D eigenvalue weighted by molar-refractivity contribution is 8.04. The Morgan fingerprint density at radius 2 is 1.19 bits per heavy atom. The maximum atomic E-state index is 12.0. The van der Waals surface area contributed by atoms with Gasteiger partial charge >= 0.3 is 39.4 Å². The molecule has 404 valence electrons. The number of carbonyl (C=O) groups is 2. The minimum atomic E-state index is -2.21. The van der Waals surface area contributed by atoms with Crippen LogP contribution in [0.1, 0.15) is 53.2 Å². The minimum Gasteiger partial charge on any atom is -0.492 e. The number of hydrogen-bond acceptors (Lipinski definition) is 19. The molecule has 0 aliphatic heterocycles. The highest BCUT2D eigenvalue weighted by atomic mass is 35.7. The molecule has 5 aromatic rings. The smallest absolute Gasteiger partial charge is 0.371 e. The fourth-order valence-corrected chi connectivity index (χ4v) is 6.27. The van der Waals surface area contributed by atoms with E-state index in [0.717, 1.165) is 37.8 Å². The molecule has 3 aromatic heterocycles. The van der Waals surface area contributed by atoms with Crippen LogP contribution in [0.25, 0.3) is 0 Å². The lowest BCUT2D eigenvalue weighted by Gasteiger charge is -2.13. The number of nitrogens with one attached hydrogen (secondary N) is 4. The number of aryl methyl sites for hydroxylation is 2. The maximum absolute atomic E-state index is 12.0. The van der Waals surface area contributed by atoms with Gasteiger partial charge in [-0.3, -0.25) is 22.7 Å². The second-order valence-corrected chi connectivity index (χ2v) is 16.2. The van der Waals surface area contributed by atoms with Crippen molar-refractivity contribution >= 4 is 129 Å². The number of halogens is 6. The molecule has 5 rings (SSSR count). The Labute approximate surface area is 447 Å². The molecule has 28 nitrogen and oxygen atoms in total. The van der Waals surface area contributed by atoms with Crippen molar-refractivity contribution in [1.29, 1.82) is 0 Å². The molecular weight excluding hydrogens is 1150 g/mol. The van der Waals surface area contributed by atoms with E-state index in [1.54, 1.807) is 44.5 Å². The molecule has 2 amide bonds. The van der Waals surface area contributed by atoms with Crippen molar-refractivity contribution < 1.29 is 49.3 Å². The van der Waals surface area contributed by atoms with E-state index in [2.05, 4.69) is 61.1 Å². The third-order valence-electron chi connectivity index (χ3n) is 7.52. The summed E-state index contributed by atoms with van der Waals surface area (Å²) in [5, 5.41) is 15.1. The quantitative estimate of drug-likeness (QED) is 0.0218. The van der Waals surface area contributed by atoms with Crippen molar-refractivity contribution in [1.82, 2.24) is 54.4 Å². The van der Waals surface area contributed by atoms with E-state index in [0.29, 0.717) is 40.6 Å². The molecule has 0 aliphatic rings. The molecule has 0 aliphatic carbocycles. The lowest BCUT2D eigenvalue weighted by molar-refractivity contribution is 0.187. The number of hydrogen-bond donors (Lipinski definition) is 5. The molecule has 37 heteroatoms. The predicted octanol–water partition coefficient (Wildman–Crippen LogP) is 5.41. The first kappa shape index (κ1) is 68.8. The van der Waals surface area contributed by atoms with E-state index < -0.39 is 55.3 Å². The van der Waals surface area contributed by atoms with Gasteiger partial charge in [-0.15, -0.1) is 36.3 Å². The normalized spacial score (nSPS) is 11.0. The number of carbonyl (C=O) groups excluding carboxylic acids is 3. The van der Waals surface area contributed by atoms with Gasteiger partial charge in [0, 0.05) is 52.5 Å². The summed E-state index contributed by atoms with van der Waals surface area (Å²) >= 11 is 19.3. The number of alkyl halides is 1. The van der Waals surface area contributed by atoms with Gasteiger partial charge in [0.05, 0.1) is 24.6 Å². The van der Waals surface area contributed by atoms with Gasteiger partial charge in [-0.2, -0.15) is 23.7 Å². The van der Waals surface area contributed by atoms with E-state index in [4.69, 9.17) is 69.8 Å². The summed E-state index contributed by atoms with van der Waals surface area (Å²) < 4.78 is 62.1. The van der Waals surface area contributed by atoms with Crippen LogP contribution < -0.4 is 48.0 Å². The fourth-order valence-electron chi connectivity index (χ4n) is 4.47. The largest absolute Gasteiger partial charge is 0.492 e. The third kappa shape index (κ3) is 23.5. The van der Waals surface area contributed by atoms with Gasteiger partial charge in [0.25, 0.3) is 27.6 Å². The van der Waals surface area contributed by atoms with Gasteiger partial charge < -0.3 is 15.2 Å². The van der Waals surface area contributed by atoms with Crippen LogP contribution in [0.15, 0.2) is 55.9 Å². The van der Waals surface area contributed by atoms with Gasteiger partial charge in [0.1, 0.15) is 11.5 Å². The number of rotatable bonds is 15. The maximum Gasteiger partial charge on any atom is 0.371 e. The van der Waals surface area contributed by atoms with E-state index in [9.17, 15) is 36.6 Å². The number of amides is 2. The summed E-state index contributed by atoms with van der Waals surface area (Å²) in [6, 6.07) is 8.99. The third-order valence-corrected chi connectivity index (χ3v) is 9.73. The zero-order valence-corrected chi connectivity index (χ0v) is 45.3. The van der Waals surface area contributed by atoms with Crippen LogP contribution in [-0.2, 0) is 69.1 Å². The molecule has 0 radical (unpaired) electrons. The Morgan fingerprint density at radius 1 is 0.736 bits per heavy atom. The molecule has 0 saturated carbocycles. The second-order valence-electron chi connectivity index (χ2n) is 11.7. The number of nitrogen functional groups attached to an aromatic ring is 1. The Morgan fingerprint density at radius 3 is 1.57 bits per heavy atom. The second kappa shape index (κ2) is 37.4. The fraction of sp³-hybridized carbons (Fsp3) is 0.400. The van der Waals surface area contributed by atoms with Gasteiger partial charge in [-0.1, -0.05) is 31.7 Å². The van der Waals surface area contributed by atoms with Crippen molar-refractivity contribution in [3.8, 4) is 11.5 Å². The number of hydroxylamine groups is 2. The number of H-pyrrole nitrogens is 1. The van der Waals surface area contributed by atoms with Crippen molar-refractivity contribution in [3.05, 3.63) is 94.8 Å². The van der Waals surface area contributed by atoms with Crippen LogP contribution in [0.5, 0.6) is 11.5 Å². The number of isocyanates is 1. The van der Waals surface area contributed by atoms with Gasteiger partial charge in [0.15, 0.2) is 0 Å². The molecule has 3 heterocycles. The lowest BCUT2D eigenvalue weighted by Crippen LogP contribution is -2.38. The van der Waals surface area contributed by atoms with Crippen LogP contribution in [-0.4, -0.2) is 93.8 Å². The zero-order valence-electron chi connectivity index (χ0n) is 38.3. The number of aromatic nitrogens is 9. The Balaban J connectivity index is 0. The van der Waals surface area contributed by atoms with Gasteiger partial charge in [-0.05, 0) is 107 Å². The number of ether oxygens (including phenoxy) is 2. The van der Waals surface area contributed by atoms with E-state index >= 15 is 0 Å². The molecule has 3 atom stereocenters. The van der Waals surface area contributed by atoms with E-state index in [-0.39, 0.29) is 42.1 Å². The van der Waals surface area contributed by atoms with Crippen molar-refractivity contribution in [2.75, 3.05) is 30.1 Å². The van der Waals surface area contributed by atoms with Crippen LogP contribution in [0.4, 0.5) is 21.0 Å². The Kier molecular flexibility index (Phi) is 35.8. The lowest BCUT2D eigenvalue weighted by atomic mass is 10.2. The SMILES string of the molecule is C.CCOc1cccc(C)c1N.CCOc1cccc(C)c1NS(=O)ONC(=O)n1nc(Cl)n(CC)c1=O.CCl.CCn1c(Cl)n[nH]c1=O.CCn1c(Cl)nn(C(=O)NOS(=O)Cl)c1=O.O=C=NOS(=O)Cl. The molecule has 72 heavy (non-hydrogen) atoms. The predicted molar refractivity (Wildman–Crippen MR) is 274 cm³/mol. The highest BCUT2D eigenvalue weighted by Gasteiger charge is 2.19. The average molecular weight is 1200 g/mol. The van der Waals surface area contributed by atoms with E-state index in [1.165, 1.54) is 11.0 Å². The number of nitrogens with zero attached hydrogens (tertiary/aromatic N) is 9. The van der Waals surface area contributed by atoms with Crippen LogP contribution in [0.3, 0.4) is 0 Å². The Hall–Kier alpha value is -5.31. The van der Waals surface area contributed by atoms with Crippen molar-refractivity contribution in [2.45, 2.75) is 75.5 Å². The highest BCUT2D eigenvalue weighted by Crippen LogP contribution is 2.28. The number of nitrogens with two attached hydrogens (primary N) is 1. The summed E-state index contributed by atoms with van der Waals surface area (Å²) in [6.07, 6.45) is 2.45. The van der Waals surface area contributed by atoms with Crippen molar-refractivity contribution in [3.63, 3.8) is 0 Å². The average Bonchev–Trinajstić information content (AvgIpc) is 3.94. The molecule has 0 bridgehead atoms. The van der Waals surface area contributed by atoms with Crippen LogP contribution >= 0.6 is 67.8 Å². The molecular formula is C35H50Cl6N14O14S3. The monoisotopic (exact) mass is 1200 g/mol. The Bertz CT molecular complexity index is 2780. The van der Waals surface area contributed by atoms with Gasteiger partial charge in [-0.25, -0.2) is 42.3 Å². The molecule has 0 saturated heterocycles. The number of benzene rings is 2. The van der Waals surface area contributed by atoms with E-state index in [1.807, 2.05) is 51.4 Å². The number of para-hydroxylation sites is 2. The summed E-state index contributed by atoms with van der Waals surface area (Å²) in [4.78, 5) is 66.3. The van der Waals surface area contributed by atoms with Crippen LogP contribution in [0, 0.1) is 13.8 Å². The topological polar surface area (TPSA) is 353 Å². The number of aromatic amines is 1. The summed E-state index contributed by atoms with van der Waals surface area (Å²) in [5.41, 5.74) is 10.6.